The Morgan fingerprint density at radius 1 is 0.328 bits per heavy atom. The fourth-order valence-electron chi connectivity index (χ4n) is 9.24. The van der Waals surface area contributed by atoms with Crippen molar-refractivity contribution in [3.63, 3.8) is 0 Å². The highest BCUT2D eigenvalue weighted by Crippen LogP contribution is 2.42. The van der Waals surface area contributed by atoms with Crippen LogP contribution in [0.2, 0.25) is 0 Å². The Kier molecular flexibility index (Phi) is 8.77. The Bertz CT molecular complexity index is 3640. The molecule has 0 saturated carbocycles. The lowest BCUT2D eigenvalue weighted by molar-refractivity contribution is 0.952. The number of aromatic nitrogens is 5. The largest absolute Gasteiger partial charge is 0.308 e. The van der Waals surface area contributed by atoms with E-state index >= 15 is 0 Å². The van der Waals surface area contributed by atoms with Crippen molar-refractivity contribution < 1.29 is 0 Å². The van der Waals surface area contributed by atoms with Crippen molar-refractivity contribution in [3.05, 3.63) is 230 Å². The number of hydrogen-bond donors (Lipinski definition) is 0. The second-order valence-corrected chi connectivity index (χ2v) is 15.9. The first-order chi connectivity index (χ1) is 31.7. The molecule has 64 heavy (non-hydrogen) atoms. The minimum atomic E-state index is 0.514. The molecule has 0 aliphatic rings. The van der Waals surface area contributed by atoms with Crippen molar-refractivity contribution >= 4 is 49.3 Å². The Labute approximate surface area is 369 Å². The summed E-state index contributed by atoms with van der Waals surface area (Å²) in [5.74, 6) is 1.59. The smallest absolute Gasteiger partial charge is 0.238 e. The summed E-state index contributed by atoms with van der Waals surface area (Å²) in [6.07, 6.45) is 0. The average molecular weight is 817 g/mol. The molecule has 0 fully saturated rings. The lowest BCUT2D eigenvalue weighted by atomic mass is 9.99. The van der Waals surface area contributed by atoms with Gasteiger partial charge in [-0.1, -0.05) is 170 Å². The Balaban J connectivity index is 1.18. The fraction of sp³-hybridized carbons (Fsp3) is 0. The van der Waals surface area contributed by atoms with Gasteiger partial charge in [0.1, 0.15) is 0 Å². The van der Waals surface area contributed by atoms with Crippen LogP contribution in [0.3, 0.4) is 0 Å². The summed E-state index contributed by atoms with van der Waals surface area (Å²) in [4.78, 5) is 20.0. The number of benzene rings is 9. The maximum absolute atomic E-state index is 8.10. The van der Waals surface area contributed by atoms with Gasteiger partial charge in [-0.3, -0.25) is 4.57 Å². The van der Waals surface area contributed by atoms with Crippen LogP contribution >= 0.6 is 0 Å². The average Bonchev–Trinajstić information content (AvgIpc) is 3.89. The molecule has 3 heterocycles. The van der Waals surface area contributed by atoms with Crippen molar-refractivity contribution in [2.45, 2.75) is 0 Å². The standard InChI is InChI=1S/C58H36N6/c1-59-50-26-14-11-23-44(50)43-31-34-55(63-53-32-29-41(38-17-5-2-6-18-38)35-47(53)48-36-42(30-33-54(48)63)39-19-7-3-8-20-39)49(37-43)57-60-56(40-21-9-4-10-22-40)61-58(62-57)64-51-27-15-12-24-45(51)46-25-13-16-28-52(46)64/h2-37H. The highest BCUT2D eigenvalue weighted by molar-refractivity contribution is 6.12. The zero-order valence-electron chi connectivity index (χ0n) is 34.5. The second kappa shape index (κ2) is 15.2. The Morgan fingerprint density at radius 3 is 1.41 bits per heavy atom. The van der Waals surface area contributed by atoms with Gasteiger partial charge in [-0.15, -0.1) is 0 Å². The molecule has 0 unspecified atom stereocenters. The fourth-order valence-corrected chi connectivity index (χ4v) is 9.24. The van der Waals surface area contributed by atoms with Gasteiger partial charge in [-0.2, -0.15) is 9.97 Å². The van der Waals surface area contributed by atoms with Gasteiger partial charge in [0.05, 0.1) is 34.3 Å². The molecule has 9 aromatic carbocycles. The molecule has 0 amide bonds. The zero-order chi connectivity index (χ0) is 42.6. The topological polar surface area (TPSA) is 52.9 Å². The van der Waals surface area contributed by atoms with Crippen LogP contribution in [0.15, 0.2) is 218 Å². The summed E-state index contributed by atoms with van der Waals surface area (Å²) in [7, 11) is 0. The van der Waals surface area contributed by atoms with Gasteiger partial charge in [0.25, 0.3) is 0 Å². The molecular formula is C58H36N6. The van der Waals surface area contributed by atoms with Gasteiger partial charge in [0, 0.05) is 32.7 Å². The molecule has 12 rings (SSSR count). The summed E-state index contributed by atoms with van der Waals surface area (Å²) in [6.45, 7) is 8.10. The quantitative estimate of drug-likeness (QED) is 0.151. The lowest BCUT2D eigenvalue weighted by Crippen LogP contribution is -2.08. The minimum absolute atomic E-state index is 0.514. The molecule has 3 aromatic heterocycles. The molecule has 12 aromatic rings. The first kappa shape index (κ1) is 36.9. The van der Waals surface area contributed by atoms with E-state index in [4.69, 9.17) is 21.5 Å². The van der Waals surface area contributed by atoms with Gasteiger partial charge in [-0.25, -0.2) is 9.83 Å². The van der Waals surface area contributed by atoms with Gasteiger partial charge >= 0.3 is 0 Å². The molecule has 0 saturated heterocycles. The van der Waals surface area contributed by atoms with Crippen LogP contribution in [0.25, 0.3) is 116 Å². The molecule has 0 N–H and O–H groups in total. The van der Waals surface area contributed by atoms with Crippen molar-refractivity contribution in [2.75, 3.05) is 0 Å². The summed E-state index contributed by atoms with van der Waals surface area (Å²) in [5, 5.41) is 4.51. The van der Waals surface area contributed by atoms with E-state index in [1.807, 2.05) is 54.6 Å². The summed E-state index contributed by atoms with van der Waals surface area (Å²) < 4.78 is 4.50. The summed E-state index contributed by atoms with van der Waals surface area (Å²) in [6, 6.07) is 75.7. The molecule has 0 bridgehead atoms. The lowest BCUT2D eigenvalue weighted by Gasteiger charge is -2.17. The number of para-hydroxylation sites is 3. The van der Waals surface area contributed by atoms with Crippen LogP contribution in [-0.2, 0) is 0 Å². The van der Waals surface area contributed by atoms with Crippen LogP contribution < -0.4 is 0 Å². The highest BCUT2D eigenvalue weighted by atomic mass is 15.2. The van der Waals surface area contributed by atoms with Gasteiger partial charge < -0.3 is 4.57 Å². The minimum Gasteiger partial charge on any atom is -0.308 e. The number of nitrogens with zero attached hydrogens (tertiary/aromatic N) is 6. The van der Waals surface area contributed by atoms with Crippen LogP contribution in [0.4, 0.5) is 5.69 Å². The van der Waals surface area contributed by atoms with E-state index in [1.165, 1.54) is 0 Å². The van der Waals surface area contributed by atoms with Crippen molar-refractivity contribution in [2.24, 2.45) is 0 Å². The monoisotopic (exact) mass is 816 g/mol. The van der Waals surface area contributed by atoms with E-state index in [0.29, 0.717) is 23.3 Å². The van der Waals surface area contributed by atoms with Gasteiger partial charge in [0.2, 0.25) is 5.95 Å². The van der Waals surface area contributed by atoms with Gasteiger partial charge in [0.15, 0.2) is 17.3 Å². The Morgan fingerprint density at radius 2 is 0.812 bits per heavy atom. The molecule has 298 valence electrons. The van der Waals surface area contributed by atoms with Crippen LogP contribution in [0.5, 0.6) is 0 Å². The van der Waals surface area contributed by atoms with E-state index in [1.54, 1.807) is 0 Å². The SMILES string of the molecule is [C-]#[N+]c1ccccc1-c1ccc(-n2c3ccc(-c4ccccc4)cc3c3cc(-c4ccccc4)ccc32)c(-c2nc(-c3ccccc3)nc(-n3c4ccccc4c4ccccc43)n2)c1. The van der Waals surface area contributed by atoms with Crippen molar-refractivity contribution in [1.29, 1.82) is 0 Å². The Hall–Kier alpha value is -8.92. The summed E-state index contributed by atoms with van der Waals surface area (Å²) >= 11 is 0. The van der Waals surface area contributed by atoms with E-state index in [9.17, 15) is 0 Å². The number of rotatable bonds is 7. The molecule has 0 aliphatic carbocycles. The maximum atomic E-state index is 8.10. The predicted octanol–water partition coefficient (Wildman–Crippen LogP) is 15.0. The third kappa shape index (κ3) is 6.14. The van der Waals surface area contributed by atoms with E-state index < -0.39 is 0 Å². The first-order valence-corrected chi connectivity index (χ1v) is 21.3. The van der Waals surface area contributed by atoms with Crippen molar-refractivity contribution in [1.82, 2.24) is 24.1 Å². The van der Waals surface area contributed by atoms with E-state index in [2.05, 4.69) is 178 Å². The first-order valence-electron chi connectivity index (χ1n) is 21.3. The number of hydrogen-bond acceptors (Lipinski definition) is 3. The molecule has 6 nitrogen and oxygen atoms in total. The third-order valence-electron chi connectivity index (χ3n) is 12.2. The van der Waals surface area contributed by atoms with E-state index in [-0.39, 0.29) is 0 Å². The molecule has 6 heteroatoms. The maximum Gasteiger partial charge on any atom is 0.238 e. The van der Waals surface area contributed by atoms with Crippen molar-refractivity contribution in [3.8, 4) is 67.8 Å². The molecule has 0 radical (unpaired) electrons. The predicted molar refractivity (Wildman–Crippen MR) is 262 cm³/mol. The van der Waals surface area contributed by atoms with E-state index in [0.717, 1.165) is 93.8 Å². The molecular weight excluding hydrogens is 781 g/mol. The second-order valence-electron chi connectivity index (χ2n) is 15.9. The molecule has 0 spiro atoms. The van der Waals surface area contributed by atoms with Crippen LogP contribution in [0.1, 0.15) is 0 Å². The number of fused-ring (bicyclic) bond motifs is 6. The normalized spacial score (nSPS) is 11.4. The molecule has 0 aliphatic heterocycles. The van der Waals surface area contributed by atoms with Crippen LogP contribution in [0, 0.1) is 6.57 Å². The zero-order valence-corrected chi connectivity index (χ0v) is 34.5. The third-order valence-corrected chi connectivity index (χ3v) is 12.2. The van der Waals surface area contributed by atoms with Crippen LogP contribution in [-0.4, -0.2) is 24.1 Å². The van der Waals surface area contributed by atoms with Gasteiger partial charge in [-0.05, 0) is 81.9 Å². The highest BCUT2D eigenvalue weighted by Gasteiger charge is 2.23. The summed E-state index contributed by atoms with van der Waals surface area (Å²) in [5.41, 5.74) is 13.6. The molecule has 0 atom stereocenters.